The van der Waals surface area contributed by atoms with E-state index < -0.39 is 0 Å². The average Bonchev–Trinajstić information content (AvgIpc) is 2.30. The first-order valence-electron chi connectivity index (χ1n) is 6.67. The molecule has 0 aromatic heterocycles. The second-order valence-corrected chi connectivity index (χ2v) is 4.97. The predicted molar refractivity (Wildman–Crippen MR) is 68.9 cm³/mol. The Hall–Kier alpha value is -0.610. The first-order chi connectivity index (χ1) is 8.17. The lowest BCUT2D eigenvalue weighted by Crippen LogP contribution is -2.43. The summed E-state index contributed by atoms with van der Waals surface area (Å²) in [5.74, 6) is 0.798. The summed E-state index contributed by atoms with van der Waals surface area (Å²) in [6.07, 6.45) is 2.89. The van der Waals surface area contributed by atoms with Crippen molar-refractivity contribution in [3.8, 4) is 0 Å². The van der Waals surface area contributed by atoms with Crippen molar-refractivity contribution in [1.29, 1.82) is 0 Å². The molecule has 17 heavy (non-hydrogen) atoms. The average molecular weight is 242 g/mol. The lowest BCUT2D eigenvalue weighted by molar-refractivity contribution is -0.133. The Morgan fingerprint density at radius 2 is 2.35 bits per heavy atom. The maximum atomic E-state index is 12.1. The lowest BCUT2D eigenvalue weighted by atomic mass is 9.98. The van der Waals surface area contributed by atoms with Gasteiger partial charge >= 0.3 is 0 Å². The smallest absolute Gasteiger partial charge is 0.224 e. The molecular weight excluding hydrogens is 216 g/mol. The number of nitrogens with zero attached hydrogens (tertiary/aromatic N) is 1. The third-order valence-electron chi connectivity index (χ3n) is 3.31. The lowest BCUT2D eigenvalue weighted by Gasteiger charge is -2.33. The summed E-state index contributed by atoms with van der Waals surface area (Å²) < 4.78 is 5.18. The number of methoxy groups -OCH3 is 1. The Kier molecular flexibility index (Phi) is 6.52. The van der Waals surface area contributed by atoms with Crippen LogP contribution < -0.4 is 5.32 Å². The Bertz CT molecular complexity index is 231. The summed E-state index contributed by atoms with van der Waals surface area (Å²) in [5.41, 5.74) is 0. The zero-order valence-corrected chi connectivity index (χ0v) is 11.4. The van der Waals surface area contributed by atoms with Crippen molar-refractivity contribution in [2.24, 2.45) is 5.92 Å². The van der Waals surface area contributed by atoms with Gasteiger partial charge in [-0.05, 0) is 32.2 Å². The topological polar surface area (TPSA) is 41.6 Å². The number of amides is 1. The molecule has 0 bridgehead atoms. The van der Waals surface area contributed by atoms with E-state index in [-0.39, 0.29) is 11.9 Å². The molecule has 0 radical (unpaired) electrons. The van der Waals surface area contributed by atoms with E-state index in [2.05, 4.69) is 19.2 Å². The number of carbonyl (C=O) groups is 1. The molecule has 100 valence electrons. The Morgan fingerprint density at radius 1 is 1.59 bits per heavy atom. The summed E-state index contributed by atoms with van der Waals surface area (Å²) in [4.78, 5) is 14.1. The molecular formula is C13H26N2O2. The number of nitrogens with one attached hydrogen (secondary N) is 1. The van der Waals surface area contributed by atoms with Gasteiger partial charge in [0.05, 0.1) is 6.61 Å². The normalized spacial score (nSPS) is 22.5. The summed E-state index contributed by atoms with van der Waals surface area (Å²) >= 11 is 0. The summed E-state index contributed by atoms with van der Waals surface area (Å²) in [7, 11) is 1.73. The van der Waals surface area contributed by atoms with Crippen molar-refractivity contribution in [2.75, 3.05) is 33.4 Å². The van der Waals surface area contributed by atoms with E-state index in [1.807, 2.05) is 4.90 Å². The quantitative estimate of drug-likeness (QED) is 0.762. The molecule has 0 aromatic carbocycles. The van der Waals surface area contributed by atoms with Crippen LogP contribution in [0.25, 0.3) is 0 Å². The summed E-state index contributed by atoms with van der Waals surface area (Å²) in [6.45, 7) is 7.60. The van der Waals surface area contributed by atoms with Crippen LogP contribution in [0.15, 0.2) is 0 Å². The van der Waals surface area contributed by atoms with E-state index in [0.29, 0.717) is 12.3 Å². The number of ether oxygens (including phenoxy) is 1. The third-order valence-corrected chi connectivity index (χ3v) is 3.31. The summed E-state index contributed by atoms with van der Waals surface area (Å²) in [5, 5.41) is 3.28. The highest BCUT2D eigenvalue weighted by molar-refractivity contribution is 5.76. The monoisotopic (exact) mass is 242 g/mol. The molecule has 1 aliphatic heterocycles. The molecule has 0 saturated carbocycles. The zero-order chi connectivity index (χ0) is 12.7. The Labute approximate surface area is 105 Å². The highest BCUT2D eigenvalue weighted by Crippen LogP contribution is 2.17. The van der Waals surface area contributed by atoms with Crippen molar-refractivity contribution >= 4 is 5.91 Å². The molecule has 1 amide bonds. The molecule has 0 aromatic rings. The number of carbonyl (C=O) groups excluding carboxylic acids is 1. The van der Waals surface area contributed by atoms with Crippen molar-refractivity contribution < 1.29 is 9.53 Å². The van der Waals surface area contributed by atoms with Crippen molar-refractivity contribution in [3.05, 3.63) is 0 Å². The van der Waals surface area contributed by atoms with Gasteiger partial charge in [-0.15, -0.1) is 0 Å². The standard InChI is InChI=1S/C13H26N2O2/c1-4-14-11(2)8-13(16)15-7-5-6-12(9-15)10-17-3/h11-12,14H,4-10H2,1-3H3. The first kappa shape index (κ1) is 14.5. The minimum Gasteiger partial charge on any atom is -0.384 e. The van der Waals surface area contributed by atoms with E-state index in [0.717, 1.165) is 32.7 Å². The fraction of sp³-hybridized carbons (Fsp3) is 0.923. The molecule has 1 heterocycles. The van der Waals surface area contributed by atoms with E-state index >= 15 is 0 Å². The van der Waals surface area contributed by atoms with E-state index in [1.165, 1.54) is 6.42 Å². The molecule has 1 aliphatic rings. The molecule has 1 rings (SSSR count). The van der Waals surface area contributed by atoms with Gasteiger partial charge in [0.15, 0.2) is 0 Å². The maximum Gasteiger partial charge on any atom is 0.224 e. The SMILES string of the molecule is CCNC(C)CC(=O)N1CCCC(COC)C1. The minimum atomic E-state index is 0.273. The maximum absolute atomic E-state index is 12.1. The van der Waals surface area contributed by atoms with E-state index in [1.54, 1.807) is 7.11 Å². The number of likely N-dealkylation sites (tertiary alicyclic amines) is 1. The van der Waals surface area contributed by atoms with Crippen LogP contribution in [0.5, 0.6) is 0 Å². The molecule has 1 fully saturated rings. The second-order valence-electron chi connectivity index (χ2n) is 4.97. The molecule has 4 heteroatoms. The number of piperidine rings is 1. The van der Waals surface area contributed by atoms with Crippen LogP contribution in [0, 0.1) is 5.92 Å². The van der Waals surface area contributed by atoms with E-state index in [9.17, 15) is 4.79 Å². The Balaban J connectivity index is 2.35. The number of rotatable bonds is 6. The van der Waals surface area contributed by atoms with Crippen molar-refractivity contribution in [2.45, 2.75) is 39.2 Å². The van der Waals surface area contributed by atoms with Crippen LogP contribution >= 0.6 is 0 Å². The van der Waals surface area contributed by atoms with Crippen LogP contribution in [0.2, 0.25) is 0 Å². The fourth-order valence-electron chi connectivity index (χ4n) is 2.47. The Morgan fingerprint density at radius 3 is 3.00 bits per heavy atom. The van der Waals surface area contributed by atoms with Gasteiger partial charge in [0, 0.05) is 32.7 Å². The molecule has 2 atom stereocenters. The number of hydrogen-bond donors (Lipinski definition) is 1. The zero-order valence-electron chi connectivity index (χ0n) is 11.4. The van der Waals surface area contributed by atoms with Crippen LogP contribution in [-0.2, 0) is 9.53 Å². The third kappa shape index (κ3) is 5.04. The molecule has 4 nitrogen and oxygen atoms in total. The van der Waals surface area contributed by atoms with E-state index in [4.69, 9.17) is 4.74 Å². The highest BCUT2D eigenvalue weighted by Gasteiger charge is 2.24. The highest BCUT2D eigenvalue weighted by atomic mass is 16.5. The van der Waals surface area contributed by atoms with Gasteiger partial charge < -0.3 is 15.0 Å². The van der Waals surface area contributed by atoms with Gasteiger partial charge in [-0.1, -0.05) is 6.92 Å². The summed E-state index contributed by atoms with van der Waals surface area (Å²) in [6, 6.07) is 0.273. The van der Waals surface area contributed by atoms with Gasteiger partial charge in [-0.25, -0.2) is 0 Å². The molecule has 1 saturated heterocycles. The molecule has 0 aliphatic carbocycles. The number of hydrogen-bond acceptors (Lipinski definition) is 3. The van der Waals surface area contributed by atoms with Crippen LogP contribution in [0.4, 0.5) is 0 Å². The van der Waals surface area contributed by atoms with Gasteiger partial charge in [0.1, 0.15) is 0 Å². The van der Waals surface area contributed by atoms with Crippen molar-refractivity contribution in [3.63, 3.8) is 0 Å². The minimum absolute atomic E-state index is 0.273. The van der Waals surface area contributed by atoms with Gasteiger partial charge in [-0.2, -0.15) is 0 Å². The van der Waals surface area contributed by atoms with Gasteiger partial charge in [0.25, 0.3) is 0 Å². The van der Waals surface area contributed by atoms with Gasteiger partial charge in [-0.3, -0.25) is 4.79 Å². The van der Waals surface area contributed by atoms with Crippen LogP contribution in [-0.4, -0.2) is 50.2 Å². The van der Waals surface area contributed by atoms with Gasteiger partial charge in [0.2, 0.25) is 5.91 Å². The molecule has 2 unspecified atom stereocenters. The van der Waals surface area contributed by atoms with Crippen LogP contribution in [0.1, 0.15) is 33.1 Å². The van der Waals surface area contributed by atoms with Crippen molar-refractivity contribution in [1.82, 2.24) is 10.2 Å². The predicted octanol–water partition coefficient (Wildman–Crippen LogP) is 1.26. The van der Waals surface area contributed by atoms with Crippen LogP contribution in [0.3, 0.4) is 0 Å². The fourth-order valence-corrected chi connectivity index (χ4v) is 2.47. The first-order valence-corrected chi connectivity index (χ1v) is 6.67. The molecule has 0 spiro atoms. The molecule has 1 N–H and O–H groups in total. The second kappa shape index (κ2) is 7.67. The largest absolute Gasteiger partial charge is 0.384 e.